The molecule has 0 saturated carbocycles. The molecular weight excluding hydrogens is 328 g/mol. The predicted octanol–water partition coefficient (Wildman–Crippen LogP) is 2.75. The Hall–Kier alpha value is -3.28. The van der Waals surface area contributed by atoms with Gasteiger partial charge in [0.15, 0.2) is 0 Å². The number of para-hydroxylation sites is 1. The van der Waals surface area contributed by atoms with E-state index >= 15 is 0 Å². The molecule has 3 rings (SSSR count). The molecule has 0 unspecified atom stereocenters. The first-order valence-corrected chi connectivity index (χ1v) is 8.45. The minimum atomic E-state index is -0.179. The monoisotopic (exact) mass is 348 g/mol. The Balaban J connectivity index is 1.63. The van der Waals surface area contributed by atoms with Gasteiger partial charge in [-0.2, -0.15) is 5.10 Å². The van der Waals surface area contributed by atoms with Crippen molar-refractivity contribution in [1.29, 1.82) is 0 Å². The summed E-state index contributed by atoms with van der Waals surface area (Å²) in [5.41, 5.74) is 2.21. The fourth-order valence-corrected chi connectivity index (χ4v) is 2.62. The van der Waals surface area contributed by atoms with E-state index in [4.69, 9.17) is 0 Å². The molecule has 0 spiro atoms. The molecule has 2 heterocycles. The van der Waals surface area contributed by atoms with E-state index in [1.807, 2.05) is 42.5 Å². The zero-order valence-corrected chi connectivity index (χ0v) is 14.6. The minimum Gasteiger partial charge on any atom is -0.316 e. The van der Waals surface area contributed by atoms with Crippen LogP contribution in [-0.4, -0.2) is 27.7 Å². The fraction of sp³-hybridized carbons (Fsp3) is 0.200. The number of aromatic nitrogens is 3. The summed E-state index contributed by atoms with van der Waals surface area (Å²) >= 11 is 0. The molecule has 1 aromatic carbocycles. The maximum atomic E-state index is 12.3. The topological polar surface area (TPSA) is 68.1 Å². The lowest BCUT2D eigenvalue weighted by Gasteiger charge is -2.17. The molecule has 0 aliphatic carbocycles. The lowest BCUT2D eigenvalue weighted by molar-refractivity contribution is -0.118. The van der Waals surface area contributed by atoms with E-state index in [1.54, 1.807) is 30.4 Å². The third-order valence-corrected chi connectivity index (χ3v) is 4.10. The molecule has 2 aromatic heterocycles. The molecule has 3 aromatic rings. The van der Waals surface area contributed by atoms with Crippen molar-refractivity contribution in [2.75, 3.05) is 11.9 Å². The van der Waals surface area contributed by atoms with E-state index in [0.717, 1.165) is 11.3 Å². The van der Waals surface area contributed by atoms with Crippen LogP contribution in [-0.2, 0) is 11.3 Å². The van der Waals surface area contributed by atoms with Gasteiger partial charge in [-0.1, -0.05) is 18.2 Å². The van der Waals surface area contributed by atoms with Crippen LogP contribution in [0.3, 0.4) is 0 Å². The largest absolute Gasteiger partial charge is 0.316 e. The van der Waals surface area contributed by atoms with E-state index < -0.39 is 0 Å². The molecule has 0 bridgehead atoms. The van der Waals surface area contributed by atoms with Gasteiger partial charge in [-0.3, -0.25) is 14.6 Å². The van der Waals surface area contributed by atoms with Crippen LogP contribution >= 0.6 is 0 Å². The van der Waals surface area contributed by atoms with E-state index in [2.05, 4.69) is 10.1 Å². The molecule has 0 saturated heterocycles. The van der Waals surface area contributed by atoms with E-state index in [0.29, 0.717) is 25.1 Å². The van der Waals surface area contributed by atoms with Crippen molar-refractivity contribution >= 4 is 11.6 Å². The summed E-state index contributed by atoms with van der Waals surface area (Å²) in [7, 11) is 1.76. The Morgan fingerprint density at radius 2 is 1.88 bits per heavy atom. The van der Waals surface area contributed by atoms with E-state index in [1.165, 1.54) is 10.7 Å². The van der Waals surface area contributed by atoms with Crippen LogP contribution in [0.5, 0.6) is 0 Å². The summed E-state index contributed by atoms with van der Waals surface area (Å²) in [6, 6.07) is 16.4. The SMILES string of the molecule is CN(C(=O)CCCn1nc(-c2cccnc2)ccc1=O)c1ccccc1. The van der Waals surface area contributed by atoms with Crippen LogP contribution < -0.4 is 10.5 Å². The van der Waals surface area contributed by atoms with Crippen LogP contribution in [0.2, 0.25) is 0 Å². The number of hydrogen-bond donors (Lipinski definition) is 0. The summed E-state index contributed by atoms with van der Waals surface area (Å²) in [6.07, 6.45) is 4.28. The van der Waals surface area contributed by atoms with Crippen LogP contribution in [0.25, 0.3) is 11.3 Å². The number of carbonyl (C=O) groups is 1. The number of anilines is 1. The smallest absolute Gasteiger partial charge is 0.266 e. The average molecular weight is 348 g/mol. The minimum absolute atomic E-state index is 0.00710. The number of carbonyl (C=O) groups excluding carboxylic acids is 1. The number of pyridine rings is 1. The molecule has 132 valence electrons. The van der Waals surface area contributed by atoms with Gasteiger partial charge in [0.05, 0.1) is 5.69 Å². The molecule has 6 heteroatoms. The third-order valence-electron chi connectivity index (χ3n) is 4.10. The zero-order chi connectivity index (χ0) is 18.4. The Labute approximate surface area is 151 Å². The van der Waals surface area contributed by atoms with Gasteiger partial charge in [0.1, 0.15) is 0 Å². The van der Waals surface area contributed by atoms with Gasteiger partial charge >= 0.3 is 0 Å². The van der Waals surface area contributed by atoms with Crippen LogP contribution in [0.4, 0.5) is 5.69 Å². The molecule has 26 heavy (non-hydrogen) atoms. The maximum Gasteiger partial charge on any atom is 0.266 e. The van der Waals surface area contributed by atoms with Gasteiger partial charge in [0.2, 0.25) is 5.91 Å². The molecule has 0 radical (unpaired) electrons. The number of rotatable bonds is 6. The quantitative estimate of drug-likeness (QED) is 0.687. The van der Waals surface area contributed by atoms with Gasteiger partial charge in [-0.25, -0.2) is 4.68 Å². The van der Waals surface area contributed by atoms with Gasteiger partial charge in [-0.15, -0.1) is 0 Å². The summed E-state index contributed by atoms with van der Waals surface area (Å²) in [5, 5.41) is 4.38. The number of hydrogen-bond acceptors (Lipinski definition) is 4. The zero-order valence-electron chi connectivity index (χ0n) is 14.6. The Bertz CT molecular complexity index is 923. The van der Waals surface area contributed by atoms with Crippen molar-refractivity contribution in [1.82, 2.24) is 14.8 Å². The highest BCUT2D eigenvalue weighted by Crippen LogP contribution is 2.14. The first-order chi connectivity index (χ1) is 12.6. The second-order valence-electron chi connectivity index (χ2n) is 5.91. The van der Waals surface area contributed by atoms with Crippen molar-refractivity contribution in [3.63, 3.8) is 0 Å². The molecule has 0 aliphatic rings. The van der Waals surface area contributed by atoms with Gasteiger partial charge < -0.3 is 4.90 Å². The molecule has 0 aliphatic heterocycles. The number of benzene rings is 1. The van der Waals surface area contributed by atoms with Gasteiger partial charge in [-0.05, 0) is 36.8 Å². The third kappa shape index (κ3) is 4.22. The molecule has 6 nitrogen and oxygen atoms in total. The van der Waals surface area contributed by atoms with Gasteiger partial charge in [0.25, 0.3) is 5.56 Å². The highest BCUT2D eigenvalue weighted by molar-refractivity contribution is 5.92. The van der Waals surface area contributed by atoms with Crippen LogP contribution in [0.15, 0.2) is 71.8 Å². The second-order valence-corrected chi connectivity index (χ2v) is 5.91. The van der Waals surface area contributed by atoms with Crippen molar-refractivity contribution < 1.29 is 4.79 Å². The second kappa shape index (κ2) is 8.20. The van der Waals surface area contributed by atoms with E-state index in [9.17, 15) is 9.59 Å². The molecule has 0 fully saturated rings. The molecule has 0 N–H and O–H groups in total. The highest BCUT2D eigenvalue weighted by atomic mass is 16.2. The lowest BCUT2D eigenvalue weighted by atomic mass is 10.2. The standard InChI is InChI=1S/C20H20N4O2/c1-23(17-8-3-2-4-9-17)19(25)10-6-14-24-20(26)12-11-18(22-24)16-7-5-13-21-15-16/h2-5,7-9,11-13,15H,6,10,14H2,1H3. The Morgan fingerprint density at radius 3 is 2.62 bits per heavy atom. The normalized spacial score (nSPS) is 10.5. The lowest BCUT2D eigenvalue weighted by Crippen LogP contribution is -2.27. The molecule has 0 atom stereocenters. The van der Waals surface area contributed by atoms with Crippen molar-refractivity contribution in [2.45, 2.75) is 19.4 Å². The summed E-state index contributed by atoms with van der Waals surface area (Å²) < 4.78 is 1.40. The number of amides is 1. The summed E-state index contributed by atoms with van der Waals surface area (Å²) in [6.45, 7) is 0.390. The van der Waals surface area contributed by atoms with Crippen LogP contribution in [0.1, 0.15) is 12.8 Å². The first-order valence-electron chi connectivity index (χ1n) is 8.45. The molecular formula is C20H20N4O2. The van der Waals surface area contributed by atoms with E-state index in [-0.39, 0.29) is 11.5 Å². The highest BCUT2D eigenvalue weighted by Gasteiger charge is 2.11. The Kier molecular flexibility index (Phi) is 5.53. The van der Waals surface area contributed by atoms with Crippen molar-refractivity contribution in [3.8, 4) is 11.3 Å². The van der Waals surface area contributed by atoms with Crippen molar-refractivity contribution in [2.24, 2.45) is 0 Å². The van der Waals surface area contributed by atoms with Crippen molar-refractivity contribution in [3.05, 3.63) is 77.3 Å². The number of nitrogens with zero attached hydrogens (tertiary/aromatic N) is 4. The maximum absolute atomic E-state index is 12.3. The van der Waals surface area contributed by atoms with Crippen LogP contribution in [0, 0.1) is 0 Å². The summed E-state index contributed by atoms with van der Waals surface area (Å²) in [4.78, 5) is 30.0. The van der Waals surface area contributed by atoms with Gasteiger partial charge in [0, 0.05) is 49.7 Å². The number of aryl methyl sites for hydroxylation is 1. The predicted molar refractivity (Wildman–Crippen MR) is 101 cm³/mol. The fourth-order valence-electron chi connectivity index (χ4n) is 2.62. The average Bonchev–Trinajstić information content (AvgIpc) is 2.70. The molecule has 1 amide bonds. The first kappa shape index (κ1) is 17.5. The Morgan fingerprint density at radius 1 is 1.08 bits per heavy atom. The summed E-state index contributed by atoms with van der Waals surface area (Å²) in [5.74, 6) is 0.00710.